The lowest BCUT2D eigenvalue weighted by molar-refractivity contribution is 0.0171. The van der Waals surface area contributed by atoms with Gasteiger partial charge in [-0.05, 0) is 57.9 Å². The van der Waals surface area contributed by atoms with Crippen molar-refractivity contribution in [2.75, 3.05) is 19.7 Å². The fraction of sp³-hybridized carbons (Fsp3) is 1.00. The van der Waals surface area contributed by atoms with Crippen LogP contribution in [-0.2, 0) is 4.74 Å². The molecule has 0 aromatic heterocycles. The lowest BCUT2D eigenvalue weighted by atomic mass is 9.88. The number of rotatable bonds is 4. The van der Waals surface area contributed by atoms with Gasteiger partial charge in [0.25, 0.3) is 0 Å². The summed E-state index contributed by atoms with van der Waals surface area (Å²) in [6.45, 7) is 5.50. The predicted octanol–water partition coefficient (Wildman–Crippen LogP) is 2.46. The quantitative estimate of drug-likeness (QED) is 0.820. The van der Waals surface area contributed by atoms with E-state index in [-0.39, 0.29) is 5.60 Å². The molecule has 4 atom stereocenters. The molecule has 0 amide bonds. The van der Waals surface area contributed by atoms with Gasteiger partial charge in [0.2, 0.25) is 0 Å². The predicted molar refractivity (Wildman–Crippen MR) is 78.4 cm³/mol. The average Bonchev–Trinajstić information content (AvgIpc) is 3.07. The Kier molecular flexibility index (Phi) is 4.45. The molecule has 2 saturated heterocycles. The maximum absolute atomic E-state index is 5.90. The normalized spacial score (nSPS) is 43.7. The third-order valence-corrected chi connectivity index (χ3v) is 5.47. The molecule has 2 heterocycles. The molecule has 0 aromatic carbocycles. The Morgan fingerprint density at radius 2 is 2.11 bits per heavy atom. The molecular weight excluding hydrogens is 236 g/mol. The van der Waals surface area contributed by atoms with Gasteiger partial charge < -0.3 is 15.4 Å². The first-order valence-corrected chi connectivity index (χ1v) is 8.38. The van der Waals surface area contributed by atoms with Crippen LogP contribution in [0.15, 0.2) is 0 Å². The smallest absolute Gasteiger partial charge is 0.0779 e. The van der Waals surface area contributed by atoms with Gasteiger partial charge in [0.1, 0.15) is 0 Å². The summed E-state index contributed by atoms with van der Waals surface area (Å²) < 4.78 is 5.90. The molecule has 0 radical (unpaired) electrons. The van der Waals surface area contributed by atoms with E-state index in [0.29, 0.717) is 0 Å². The summed E-state index contributed by atoms with van der Waals surface area (Å²) >= 11 is 0. The summed E-state index contributed by atoms with van der Waals surface area (Å²) in [6, 6.07) is 1.49. The molecule has 0 bridgehead atoms. The summed E-state index contributed by atoms with van der Waals surface area (Å²) in [6.07, 6.45) is 10.8. The molecule has 2 N–H and O–H groups in total. The molecule has 3 fully saturated rings. The molecule has 3 rings (SSSR count). The topological polar surface area (TPSA) is 33.3 Å². The fourth-order valence-corrected chi connectivity index (χ4v) is 4.29. The Morgan fingerprint density at radius 3 is 2.84 bits per heavy atom. The van der Waals surface area contributed by atoms with Crippen molar-refractivity contribution in [2.24, 2.45) is 5.92 Å². The first-order valence-electron chi connectivity index (χ1n) is 8.38. The number of hydrogen-bond donors (Lipinski definition) is 2. The highest BCUT2D eigenvalue weighted by atomic mass is 16.5. The third-order valence-electron chi connectivity index (χ3n) is 5.47. The Balaban J connectivity index is 1.51. The second kappa shape index (κ2) is 6.11. The fourth-order valence-electron chi connectivity index (χ4n) is 4.29. The van der Waals surface area contributed by atoms with Crippen molar-refractivity contribution in [1.82, 2.24) is 10.6 Å². The van der Waals surface area contributed by atoms with Crippen molar-refractivity contribution in [2.45, 2.75) is 76.0 Å². The molecule has 1 saturated carbocycles. The van der Waals surface area contributed by atoms with E-state index in [4.69, 9.17) is 4.74 Å². The van der Waals surface area contributed by atoms with Gasteiger partial charge in [-0.25, -0.2) is 0 Å². The van der Waals surface area contributed by atoms with E-state index in [1.54, 1.807) is 0 Å². The minimum atomic E-state index is 0.104. The van der Waals surface area contributed by atoms with E-state index in [1.807, 2.05) is 0 Å². The van der Waals surface area contributed by atoms with E-state index < -0.39 is 0 Å². The second-order valence-electron chi connectivity index (χ2n) is 7.04. The Hall–Kier alpha value is -0.120. The van der Waals surface area contributed by atoms with Crippen molar-refractivity contribution in [3.05, 3.63) is 0 Å². The zero-order valence-corrected chi connectivity index (χ0v) is 12.4. The van der Waals surface area contributed by atoms with Crippen molar-refractivity contribution in [3.8, 4) is 0 Å². The van der Waals surface area contributed by atoms with Crippen LogP contribution in [0.5, 0.6) is 0 Å². The van der Waals surface area contributed by atoms with Crippen LogP contribution in [0.2, 0.25) is 0 Å². The molecule has 0 aromatic rings. The number of hydrogen-bond acceptors (Lipinski definition) is 3. The standard InChI is InChI=1S/C16H30N2O/c1-16(9-5-11-19-16)12-18-15-8-4-6-13(15)14-7-2-3-10-17-14/h13-15,17-18H,2-12H2,1H3. The molecule has 3 heteroatoms. The molecule has 0 spiro atoms. The van der Waals surface area contributed by atoms with Gasteiger partial charge in [0.05, 0.1) is 5.60 Å². The minimum Gasteiger partial charge on any atom is -0.374 e. The van der Waals surface area contributed by atoms with E-state index in [1.165, 1.54) is 57.9 Å². The zero-order valence-electron chi connectivity index (χ0n) is 12.4. The average molecular weight is 266 g/mol. The number of nitrogens with one attached hydrogen (secondary N) is 2. The largest absolute Gasteiger partial charge is 0.374 e. The van der Waals surface area contributed by atoms with Crippen LogP contribution in [0, 0.1) is 5.92 Å². The summed E-state index contributed by atoms with van der Waals surface area (Å²) in [5, 5.41) is 7.60. The van der Waals surface area contributed by atoms with E-state index in [9.17, 15) is 0 Å². The Morgan fingerprint density at radius 1 is 1.16 bits per heavy atom. The highest BCUT2D eigenvalue weighted by molar-refractivity contribution is 4.94. The van der Waals surface area contributed by atoms with Gasteiger partial charge in [-0.3, -0.25) is 0 Å². The molecular formula is C16H30N2O. The lowest BCUT2D eigenvalue weighted by Crippen LogP contribution is -2.49. The van der Waals surface area contributed by atoms with Crippen LogP contribution in [0.25, 0.3) is 0 Å². The highest BCUT2D eigenvalue weighted by Gasteiger charge is 2.36. The summed E-state index contributed by atoms with van der Waals surface area (Å²) in [5.41, 5.74) is 0.104. The van der Waals surface area contributed by atoms with Gasteiger partial charge in [0.15, 0.2) is 0 Å². The number of ether oxygens (including phenoxy) is 1. The zero-order chi connectivity index (χ0) is 13.1. The number of piperidine rings is 1. The van der Waals surface area contributed by atoms with Gasteiger partial charge in [0, 0.05) is 25.2 Å². The monoisotopic (exact) mass is 266 g/mol. The van der Waals surface area contributed by atoms with Crippen LogP contribution >= 0.6 is 0 Å². The van der Waals surface area contributed by atoms with E-state index in [2.05, 4.69) is 17.6 Å². The van der Waals surface area contributed by atoms with Crippen LogP contribution in [0.1, 0.15) is 58.3 Å². The first kappa shape index (κ1) is 13.8. The first-order chi connectivity index (χ1) is 9.27. The van der Waals surface area contributed by atoms with Crippen LogP contribution in [0.3, 0.4) is 0 Å². The Labute approximate surface area is 117 Å². The van der Waals surface area contributed by atoms with Crippen LogP contribution in [-0.4, -0.2) is 37.4 Å². The van der Waals surface area contributed by atoms with Crippen molar-refractivity contribution in [1.29, 1.82) is 0 Å². The van der Waals surface area contributed by atoms with E-state index >= 15 is 0 Å². The molecule has 4 unspecified atom stereocenters. The lowest BCUT2D eigenvalue weighted by Gasteiger charge is -2.34. The minimum absolute atomic E-state index is 0.104. The van der Waals surface area contributed by atoms with Crippen molar-refractivity contribution in [3.63, 3.8) is 0 Å². The molecule has 19 heavy (non-hydrogen) atoms. The molecule has 3 nitrogen and oxygen atoms in total. The molecule has 110 valence electrons. The van der Waals surface area contributed by atoms with Crippen LogP contribution in [0.4, 0.5) is 0 Å². The molecule has 1 aliphatic carbocycles. The Bertz CT molecular complexity index is 282. The maximum Gasteiger partial charge on any atom is 0.0779 e. The molecule has 2 aliphatic heterocycles. The van der Waals surface area contributed by atoms with Gasteiger partial charge in [-0.15, -0.1) is 0 Å². The van der Waals surface area contributed by atoms with Gasteiger partial charge >= 0.3 is 0 Å². The molecule has 3 aliphatic rings. The highest BCUT2D eigenvalue weighted by Crippen LogP contribution is 2.32. The van der Waals surface area contributed by atoms with Gasteiger partial charge in [-0.2, -0.15) is 0 Å². The maximum atomic E-state index is 5.90. The van der Waals surface area contributed by atoms with E-state index in [0.717, 1.165) is 31.2 Å². The third kappa shape index (κ3) is 3.32. The summed E-state index contributed by atoms with van der Waals surface area (Å²) in [5.74, 6) is 0.852. The second-order valence-corrected chi connectivity index (χ2v) is 7.04. The van der Waals surface area contributed by atoms with Crippen molar-refractivity contribution < 1.29 is 4.74 Å². The summed E-state index contributed by atoms with van der Waals surface area (Å²) in [4.78, 5) is 0. The van der Waals surface area contributed by atoms with Gasteiger partial charge in [-0.1, -0.05) is 12.8 Å². The van der Waals surface area contributed by atoms with Crippen LogP contribution < -0.4 is 10.6 Å². The SMILES string of the molecule is CC1(CNC2CCCC2C2CCCCN2)CCCO1. The van der Waals surface area contributed by atoms with Crippen molar-refractivity contribution >= 4 is 0 Å². The summed E-state index contributed by atoms with van der Waals surface area (Å²) in [7, 11) is 0.